The molecule has 4 rings (SSSR count). The Kier molecular flexibility index (Phi) is 5.66. The van der Waals surface area contributed by atoms with Crippen LogP contribution in [0.5, 0.6) is 0 Å². The molecule has 0 aromatic carbocycles. The molecule has 0 bridgehead atoms. The standard InChI is InChI=1S/C21H34N2O5/c1-28-10-4-2-9(3-5-10)11-8-14(25)17-18(19(11)23)21(27)16-13(24)7-6-12(22)15(16)20(17)26/h9-19,24-25H,2-8,22-23H2,1H3. The first-order valence-corrected chi connectivity index (χ1v) is 10.8. The van der Waals surface area contributed by atoms with E-state index in [-0.39, 0.29) is 23.6 Å². The molecule has 158 valence electrons. The summed E-state index contributed by atoms with van der Waals surface area (Å²) in [6.07, 6.45) is 3.81. The lowest BCUT2D eigenvalue weighted by Crippen LogP contribution is -2.67. The molecular formula is C21H34N2O5. The van der Waals surface area contributed by atoms with Gasteiger partial charge in [0.1, 0.15) is 11.6 Å². The van der Waals surface area contributed by atoms with Crippen molar-refractivity contribution < 1.29 is 24.5 Å². The minimum absolute atomic E-state index is 0.0109. The molecule has 4 saturated carbocycles. The van der Waals surface area contributed by atoms with E-state index in [9.17, 15) is 19.8 Å². The highest BCUT2D eigenvalue weighted by Crippen LogP contribution is 2.49. The lowest BCUT2D eigenvalue weighted by molar-refractivity contribution is -0.168. The predicted octanol–water partition coefficient (Wildman–Crippen LogP) is -0.00170. The number of carbonyl (C=O) groups excluding carboxylic acids is 2. The van der Waals surface area contributed by atoms with Gasteiger partial charge in [0.15, 0.2) is 0 Å². The van der Waals surface area contributed by atoms with Crippen LogP contribution in [0, 0.1) is 35.5 Å². The van der Waals surface area contributed by atoms with Crippen molar-refractivity contribution in [2.24, 2.45) is 47.0 Å². The molecule has 9 unspecified atom stereocenters. The maximum atomic E-state index is 13.4. The zero-order valence-corrected chi connectivity index (χ0v) is 16.6. The third-order valence-electron chi connectivity index (χ3n) is 8.25. The van der Waals surface area contributed by atoms with Gasteiger partial charge in [0, 0.05) is 31.0 Å². The number of hydrogen-bond donors (Lipinski definition) is 4. The zero-order valence-electron chi connectivity index (χ0n) is 16.6. The van der Waals surface area contributed by atoms with Crippen LogP contribution in [0.3, 0.4) is 0 Å². The highest BCUT2D eigenvalue weighted by atomic mass is 16.5. The van der Waals surface area contributed by atoms with Crippen molar-refractivity contribution in [3.63, 3.8) is 0 Å². The molecule has 0 spiro atoms. The Hall–Kier alpha value is -0.860. The maximum Gasteiger partial charge on any atom is 0.144 e. The van der Waals surface area contributed by atoms with E-state index >= 15 is 0 Å². The molecule has 0 saturated heterocycles. The number of hydrogen-bond acceptors (Lipinski definition) is 7. The summed E-state index contributed by atoms with van der Waals surface area (Å²) in [7, 11) is 1.73. The van der Waals surface area contributed by atoms with Crippen LogP contribution in [0.1, 0.15) is 44.9 Å². The van der Waals surface area contributed by atoms with E-state index in [1.807, 2.05) is 0 Å². The second kappa shape index (κ2) is 7.76. The van der Waals surface area contributed by atoms with E-state index in [2.05, 4.69) is 0 Å². The van der Waals surface area contributed by atoms with E-state index in [1.165, 1.54) is 0 Å². The smallest absolute Gasteiger partial charge is 0.144 e. The van der Waals surface area contributed by atoms with Crippen molar-refractivity contribution in [2.45, 2.75) is 75.3 Å². The molecule has 4 aliphatic carbocycles. The quantitative estimate of drug-likeness (QED) is 0.517. The van der Waals surface area contributed by atoms with Crippen LogP contribution >= 0.6 is 0 Å². The number of carbonyl (C=O) groups is 2. The molecule has 0 radical (unpaired) electrons. The van der Waals surface area contributed by atoms with E-state index in [0.29, 0.717) is 25.2 Å². The Balaban J connectivity index is 1.59. The average molecular weight is 395 g/mol. The predicted molar refractivity (Wildman–Crippen MR) is 102 cm³/mol. The third kappa shape index (κ3) is 3.16. The van der Waals surface area contributed by atoms with Crippen LogP contribution in [-0.4, -0.2) is 59.3 Å². The highest BCUT2D eigenvalue weighted by Gasteiger charge is 2.61. The Bertz CT molecular complexity index is 620. The van der Waals surface area contributed by atoms with Gasteiger partial charge in [-0.05, 0) is 56.8 Å². The zero-order chi connectivity index (χ0) is 20.2. The van der Waals surface area contributed by atoms with Crippen molar-refractivity contribution in [1.82, 2.24) is 0 Å². The monoisotopic (exact) mass is 394 g/mol. The molecule has 0 heterocycles. The summed E-state index contributed by atoms with van der Waals surface area (Å²) >= 11 is 0. The lowest BCUT2D eigenvalue weighted by atomic mass is 9.52. The molecule has 7 heteroatoms. The summed E-state index contributed by atoms with van der Waals surface area (Å²) in [6.45, 7) is 0. The van der Waals surface area contributed by atoms with Gasteiger partial charge < -0.3 is 26.4 Å². The minimum atomic E-state index is -0.862. The summed E-state index contributed by atoms with van der Waals surface area (Å²) in [5.41, 5.74) is 12.8. The molecule has 7 nitrogen and oxygen atoms in total. The van der Waals surface area contributed by atoms with Crippen LogP contribution in [0.4, 0.5) is 0 Å². The molecule has 28 heavy (non-hydrogen) atoms. The first-order chi connectivity index (χ1) is 13.3. The summed E-state index contributed by atoms with van der Waals surface area (Å²) in [4.78, 5) is 26.6. The third-order valence-corrected chi connectivity index (χ3v) is 8.25. The number of aliphatic hydroxyl groups excluding tert-OH is 2. The van der Waals surface area contributed by atoms with Crippen molar-refractivity contribution in [1.29, 1.82) is 0 Å². The van der Waals surface area contributed by atoms with Gasteiger partial charge >= 0.3 is 0 Å². The Morgan fingerprint density at radius 1 is 0.821 bits per heavy atom. The largest absolute Gasteiger partial charge is 0.392 e. The van der Waals surface area contributed by atoms with Crippen molar-refractivity contribution in [3.05, 3.63) is 0 Å². The Morgan fingerprint density at radius 2 is 1.43 bits per heavy atom. The van der Waals surface area contributed by atoms with Crippen LogP contribution in [-0.2, 0) is 14.3 Å². The second-order valence-corrected chi connectivity index (χ2v) is 9.53. The van der Waals surface area contributed by atoms with Crippen molar-refractivity contribution in [3.8, 4) is 0 Å². The number of aliphatic hydroxyl groups is 2. The summed E-state index contributed by atoms with van der Waals surface area (Å²) in [6, 6.07) is -0.892. The van der Waals surface area contributed by atoms with Crippen LogP contribution in [0.25, 0.3) is 0 Å². The van der Waals surface area contributed by atoms with Gasteiger partial charge in [-0.1, -0.05) is 0 Å². The molecule has 0 amide bonds. The van der Waals surface area contributed by atoms with Crippen LogP contribution in [0.15, 0.2) is 0 Å². The number of ketones is 2. The van der Waals surface area contributed by atoms with Gasteiger partial charge in [-0.25, -0.2) is 0 Å². The fraction of sp³-hybridized carbons (Fsp3) is 0.905. The molecule has 0 aliphatic heterocycles. The first-order valence-electron chi connectivity index (χ1n) is 10.8. The number of methoxy groups -OCH3 is 1. The average Bonchev–Trinajstić information content (AvgIpc) is 2.69. The van der Waals surface area contributed by atoms with Crippen molar-refractivity contribution >= 4 is 11.6 Å². The van der Waals surface area contributed by atoms with Gasteiger partial charge in [0.05, 0.1) is 30.1 Å². The Labute approximate surface area is 166 Å². The fourth-order valence-electron chi connectivity index (χ4n) is 6.75. The summed E-state index contributed by atoms with van der Waals surface area (Å²) < 4.78 is 5.45. The minimum Gasteiger partial charge on any atom is -0.392 e. The van der Waals surface area contributed by atoms with Crippen LogP contribution < -0.4 is 11.5 Å². The van der Waals surface area contributed by atoms with E-state index in [1.54, 1.807) is 7.11 Å². The first kappa shape index (κ1) is 20.4. The lowest BCUT2D eigenvalue weighted by Gasteiger charge is -2.53. The van der Waals surface area contributed by atoms with E-state index in [0.717, 1.165) is 25.7 Å². The molecule has 6 N–H and O–H groups in total. The van der Waals surface area contributed by atoms with Gasteiger partial charge in [-0.3, -0.25) is 9.59 Å². The molecule has 0 aromatic rings. The van der Waals surface area contributed by atoms with Gasteiger partial charge in [0.25, 0.3) is 0 Å². The summed E-state index contributed by atoms with van der Waals surface area (Å²) in [5, 5.41) is 21.4. The van der Waals surface area contributed by atoms with Crippen molar-refractivity contribution in [2.75, 3.05) is 7.11 Å². The maximum absolute atomic E-state index is 13.4. The van der Waals surface area contributed by atoms with E-state index < -0.39 is 48.0 Å². The molecule has 4 aliphatic rings. The van der Waals surface area contributed by atoms with Crippen LogP contribution in [0.2, 0.25) is 0 Å². The molecule has 9 atom stereocenters. The van der Waals surface area contributed by atoms with Gasteiger partial charge in [-0.15, -0.1) is 0 Å². The number of nitrogens with two attached hydrogens (primary N) is 2. The molecule has 0 aromatic heterocycles. The Morgan fingerprint density at radius 3 is 2.07 bits per heavy atom. The second-order valence-electron chi connectivity index (χ2n) is 9.53. The molecule has 4 fully saturated rings. The fourth-order valence-corrected chi connectivity index (χ4v) is 6.75. The van der Waals surface area contributed by atoms with E-state index in [4.69, 9.17) is 16.2 Å². The van der Waals surface area contributed by atoms with Gasteiger partial charge in [0.2, 0.25) is 0 Å². The molecular weight excluding hydrogens is 360 g/mol. The summed E-state index contributed by atoms with van der Waals surface area (Å²) in [5.74, 6) is -2.90. The normalized spacial score (nSPS) is 52.1. The highest BCUT2D eigenvalue weighted by molar-refractivity contribution is 6.01. The van der Waals surface area contributed by atoms with Gasteiger partial charge in [-0.2, -0.15) is 0 Å². The SMILES string of the molecule is COC1CCC(C2CC(O)C3C(=O)C4C(N)CCC(O)C4C(=O)C3C2N)CC1. The number of rotatable bonds is 2. The number of ether oxygens (including phenoxy) is 1. The number of Topliss-reactive ketones (excluding diaryl/α,β-unsaturated/α-hetero) is 2. The number of fused-ring (bicyclic) bond motifs is 2. The topological polar surface area (TPSA) is 136 Å².